The normalized spacial score (nSPS) is 12.1. The first-order valence-electron chi connectivity index (χ1n) is 11.7. The molecule has 7 nitrogen and oxygen atoms in total. The first-order chi connectivity index (χ1) is 18.6. The minimum atomic E-state index is -0.226. The van der Waals surface area contributed by atoms with Crippen LogP contribution in [-0.4, -0.2) is 31.5 Å². The molecule has 0 unspecified atom stereocenters. The van der Waals surface area contributed by atoms with E-state index in [4.69, 9.17) is 21.4 Å². The summed E-state index contributed by atoms with van der Waals surface area (Å²) in [6.07, 6.45) is 7.43. The van der Waals surface area contributed by atoms with Gasteiger partial charge < -0.3 is 4.74 Å². The van der Waals surface area contributed by atoms with Gasteiger partial charge in [-0.2, -0.15) is 14.6 Å². The van der Waals surface area contributed by atoms with Gasteiger partial charge in [-0.1, -0.05) is 71.5 Å². The molecule has 0 spiro atoms. The monoisotopic (exact) mass is 537 g/mol. The number of para-hydroxylation sites is 1. The Labute approximate surface area is 226 Å². The summed E-state index contributed by atoms with van der Waals surface area (Å²) in [5.74, 6) is 1.26. The van der Waals surface area contributed by atoms with Crippen molar-refractivity contribution in [1.82, 2.24) is 24.4 Å². The number of nitrogens with zero attached hydrogens (tertiary/aromatic N) is 5. The zero-order valence-corrected chi connectivity index (χ0v) is 21.7. The topological polar surface area (TPSA) is 74.3 Å². The Morgan fingerprint density at radius 1 is 0.921 bits per heavy atom. The van der Waals surface area contributed by atoms with Crippen molar-refractivity contribution in [3.8, 4) is 22.7 Å². The van der Waals surface area contributed by atoms with Crippen LogP contribution >= 0.6 is 22.9 Å². The van der Waals surface area contributed by atoms with Gasteiger partial charge in [0.15, 0.2) is 5.82 Å². The lowest BCUT2D eigenvalue weighted by atomic mass is 10.1. The van der Waals surface area contributed by atoms with Crippen LogP contribution in [0.25, 0.3) is 40.1 Å². The summed E-state index contributed by atoms with van der Waals surface area (Å²) >= 11 is 7.40. The number of benzene rings is 3. The summed E-state index contributed by atoms with van der Waals surface area (Å²) in [5.41, 5.74) is 4.11. The molecule has 0 amide bonds. The van der Waals surface area contributed by atoms with E-state index in [1.807, 2.05) is 97.2 Å². The molecular formula is C29H20ClN5O2S. The fraction of sp³-hybridized carbons (Fsp3) is 0.0345. The fourth-order valence-corrected chi connectivity index (χ4v) is 5.02. The number of methoxy groups -OCH3 is 1. The summed E-state index contributed by atoms with van der Waals surface area (Å²) in [4.78, 5) is 18.3. The van der Waals surface area contributed by atoms with Crippen molar-refractivity contribution in [2.75, 3.05) is 7.11 Å². The number of rotatable bonds is 6. The van der Waals surface area contributed by atoms with Crippen molar-refractivity contribution in [2.45, 2.75) is 0 Å². The summed E-state index contributed by atoms with van der Waals surface area (Å²) in [6.45, 7) is 0. The lowest BCUT2D eigenvalue weighted by molar-refractivity contribution is 0.415. The van der Waals surface area contributed by atoms with Crippen molar-refractivity contribution in [1.29, 1.82) is 0 Å². The maximum atomic E-state index is 13.2. The van der Waals surface area contributed by atoms with Crippen molar-refractivity contribution in [3.05, 3.63) is 122 Å². The molecule has 0 aliphatic rings. The van der Waals surface area contributed by atoms with Gasteiger partial charge in [0.25, 0.3) is 5.56 Å². The highest BCUT2D eigenvalue weighted by atomic mass is 35.5. The second-order valence-corrected chi connectivity index (χ2v) is 9.85. The fourth-order valence-electron chi connectivity index (χ4n) is 3.98. The molecule has 0 N–H and O–H groups in total. The quantitative estimate of drug-likeness (QED) is 0.285. The van der Waals surface area contributed by atoms with E-state index in [-0.39, 0.29) is 5.56 Å². The Morgan fingerprint density at radius 3 is 2.39 bits per heavy atom. The lowest BCUT2D eigenvalue weighted by Gasteiger charge is -2.00. The van der Waals surface area contributed by atoms with Gasteiger partial charge in [0, 0.05) is 22.3 Å². The molecule has 6 rings (SSSR count). The van der Waals surface area contributed by atoms with Gasteiger partial charge in [-0.3, -0.25) is 4.79 Å². The van der Waals surface area contributed by atoms with Gasteiger partial charge in [-0.05, 0) is 54.1 Å². The number of halogens is 1. The number of thiazole rings is 1. The van der Waals surface area contributed by atoms with E-state index >= 15 is 0 Å². The van der Waals surface area contributed by atoms with Crippen molar-refractivity contribution < 1.29 is 4.74 Å². The van der Waals surface area contributed by atoms with Gasteiger partial charge in [-0.25, -0.2) is 4.68 Å². The van der Waals surface area contributed by atoms with E-state index in [0.29, 0.717) is 20.3 Å². The van der Waals surface area contributed by atoms with Crippen LogP contribution in [0.4, 0.5) is 0 Å². The highest BCUT2D eigenvalue weighted by Gasteiger charge is 2.14. The Morgan fingerprint density at radius 2 is 1.68 bits per heavy atom. The third-order valence-corrected chi connectivity index (χ3v) is 7.12. The van der Waals surface area contributed by atoms with Crippen molar-refractivity contribution in [2.24, 2.45) is 0 Å². The zero-order valence-electron chi connectivity index (χ0n) is 20.2. The Bertz CT molecular complexity index is 1870. The first-order valence-corrected chi connectivity index (χ1v) is 12.9. The molecule has 0 radical (unpaired) electrons. The number of hydrogen-bond acceptors (Lipinski definition) is 6. The molecule has 0 atom stereocenters. The smallest absolute Gasteiger partial charge is 0.291 e. The third-order valence-electron chi connectivity index (χ3n) is 5.91. The largest absolute Gasteiger partial charge is 0.497 e. The Hall–Kier alpha value is -4.53. The third kappa shape index (κ3) is 4.74. The van der Waals surface area contributed by atoms with E-state index in [2.05, 4.69) is 10.1 Å². The van der Waals surface area contributed by atoms with E-state index in [1.54, 1.807) is 17.9 Å². The molecule has 0 saturated heterocycles. The minimum Gasteiger partial charge on any atom is -0.497 e. The lowest BCUT2D eigenvalue weighted by Crippen LogP contribution is -2.23. The molecule has 0 aliphatic heterocycles. The molecule has 38 heavy (non-hydrogen) atoms. The highest BCUT2D eigenvalue weighted by molar-refractivity contribution is 7.15. The molecule has 0 saturated carbocycles. The van der Waals surface area contributed by atoms with E-state index in [0.717, 1.165) is 33.8 Å². The second kappa shape index (κ2) is 10.1. The Balaban J connectivity index is 1.38. The van der Waals surface area contributed by atoms with Gasteiger partial charge in [-0.15, -0.1) is 5.10 Å². The van der Waals surface area contributed by atoms with E-state index in [1.165, 1.54) is 15.9 Å². The molecular weight excluding hydrogens is 518 g/mol. The standard InChI is InChI=1S/C29H20ClN5O2S/c1-37-24-14-7-19(8-15-24)9-16-26-31-29-35(32-26)28(36)25(38-29)17-21-18-34(23-5-3-2-4-6-23)33-27(21)20-10-12-22(30)13-11-20/h2-18H,1H3/b16-9+,25-17-. The minimum absolute atomic E-state index is 0.226. The number of fused-ring (bicyclic) bond motifs is 1. The summed E-state index contributed by atoms with van der Waals surface area (Å²) in [5, 5.41) is 9.86. The first kappa shape index (κ1) is 23.8. The van der Waals surface area contributed by atoms with Gasteiger partial charge in [0.05, 0.1) is 17.3 Å². The van der Waals surface area contributed by atoms with Gasteiger partial charge >= 0.3 is 0 Å². The summed E-state index contributed by atoms with van der Waals surface area (Å²) < 4.78 is 8.86. The molecule has 186 valence electrons. The van der Waals surface area contributed by atoms with Crippen LogP contribution < -0.4 is 14.8 Å². The summed E-state index contributed by atoms with van der Waals surface area (Å²) in [6, 6.07) is 25.0. The molecule has 0 bridgehead atoms. The van der Waals surface area contributed by atoms with Crippen LogP contribution in [0.2, 0.25) is 5.02 Å². The molecule has 6 aromatic rings. The van der Waals surface area contributed by atoms with Crippen LogP contribution in [-0.2, 0) is 0 Å². The SMILES string of the molecule is COc1ccc(/C=C/c2nc3s/c(=C\c4cn(-c5ccccc5)nc4-c4ccc(Cl)cc4)c(=O)n3n2)cc1. The number of hydrogen-bond donors (Lipinski definition) is 0. The van der Waals surface area contributed by atoms with Crippen molar-refractivity contribution in [3.63, 3.8) is 0 Å². The number of aromatic nitrogens is 5. The van der Waals surface area contributed by atoms with Crippen molar-refractivity contribution >= 4 is 46.1 Å². The Kier molecular flexibility index (Phi) is 6.33. The summed E-state index contributed by atoms with van der Waals surface area (Å²) in [7, 11) is 1.63. The predicted molar refractivity (Wildman–Crippen MR) is 152 cm³/mol. The van der Waals surface area contributed by atoms with E-state index < -0.39 is 0 Å². The van der Waals surface area contributed by atoms with Gasteiger partial charge in [0.1, 0.15) is 11.4 Å². The average Bonchev–Trinajstić information content (AvgIpc) is 3.63. The molecule has 0 aliphatic carbocycles. The van der Waals surface area contributed by atoms with Gasteiger partial charge in [0.2, 0.25) is 4.96 Å². The van der Waals surface area contributed by atoms with E-state index in [9.17, 15) is 4.79 Å². The van der Waals surface area contributed by atoms with Crippen LogP contribution in [0, 0.1) is 0 Å². The second-order valence-electron chi connectivity index (χ2n) is 8.41. The predicted octanol–water partition coefficient (Wildman–Crippen LogP) is 5.38. The molecule has 3 aromatic carbocycles. The molecule has 3 heterocycles. The average molecular weight is 538 g/mol. The number of ether oxygens (including phenoxy) is 1. The van der Waals surface area contributed by atoms with Crippen LogP contribution in [0.15, 0.2) is 89.9 Å². The maximum absolute atomic E-state index is 13.2. The maximum Gasteiger partial charge on any atom is 0.291 e. The van der Waals surface area contributed by atoms with Crippen LogP contribution in [0.1, 0.15) is 17.0 Å². The molecule has 0 fully saturated rings. The van der Waals surface area contributed by atoms with Crippen LogP contribution in [0.5, 0.6) is 5.75 Å². The van der Waals surface area contributed by atoms with Crippen LogP contribution in [0.3, 0.4) is 0 Å². The highest BCUT2D eigenvalue weighted by Crippen LogP contribution is 2.26. The zero-order chi connectivity index (χ0) is 26.1. The molecule has 9 heteroatoms. The molecule has 3 aromatic heterocycles.